The molecule has 1 amide bonds. The van der Waals surface area contributed by atoms with E-state index in [0.717, 1.165) is 71.6 Å². The molecular weight excluding hydrogens is 504 g/mol. The van der Waals surface area contributed by atoms with E-state index in [-0.39, 0.29) is 5.91 Å². The van der Waals surface area contributed by atoms with Gasteiger partial charge < -0.3 is 24.8 Å². The van der Waals surface area contributed by atoms with Crippen molar-refractivity contribution in [2.24, 2.45) is 0 Å². The molecule has 1 aromatic heterocycles. The smallest absolute Gasteiger partial charge is 0.258 e. The van der Waals surface area contributed by atoms with Gasteiger partial charge in [-0.1, -0.05) is 18.2 Å². The second-order valence-electron chi connectivity index (χ2n) is 10.5. The highest BCUT2D eigenvalue weighted by Gasteiger charge is 2.25. The van der Waals surface area contributed by atoms with Crippen LogP contribution < -0.4 is 15.0 Å². The van der Waals surface area contributed by atoms with Crippen molar-refractivity contribution in [3.63, 3.8) is 0 Å². The SMILES string of the molecule is CC1CCN(C(=O)c2ccc(-c3ccc4[nH]ccc4c3)c(OCCCN3CCSCC3)c2)c2ccccc2N1. The molecule has 1 saturated heterocycles. The molecule has 0 bridgehead atoms. The first-order valence-electron chi connectivity index (χ1n) is 14.0. The Hall–Kier alpha value is -3.42. The molecule has 7 heteroatoms. The molecule has 0 radical (unpaired) electrons. The van der Waals surface area contributed by atoms with Crippen LogP contribution in [0.25, 0.3) is 22.0 Å². The summed E-state index contributed by atoms with van der Waals surface area (Å²) in [6, 6.07) is 22.8. The maximum absolute atomic E-state index is 13.9. The Labute approximate surface area is 234 Å². The lowest BCUT2D eigenvalue weighted by Crippen LogP contribution is -2.34. The first kappa shape index (κ1) is 25.8. The van der Waals surface area contributed by atoms with Crippen LogP contribution in [0.3, 0.4) is 0 Å². The molecule has 3 heterocycles. The summed E-state index contributed by atoms with van der Waals surface area (Å²) in [4.78, 5) is 21.6. The monoisotopic (exact) mass is 540 g/mol. The summed E-state index contributed by atoms with van der Waals surface area (Å²) < 4.78 is 6.44. The highest BCUT2D eigenvalue weighted by molar-refractivity contribution is 7.99. The number of aromatic amines is 1. The molecular formula is C32H36N4O2S. The van der Waals surface area contributed by atoms with E-state index >= 15 is 0 Å². The predicted octanol–water partition coefficient (Wildman–Crippen LogP) is 6.50. The van der Waals surface area contributed by atoms with Crippen molar-refractivity contribution < 1.29 is 9.53 Å². The summed E-state index contributed by atoms with van der Waals surface area (Å²) in [5, 5.41) is 4.70. The van der Waals surface area contributed by atoms with Gasteiger partial charge in [0.2, 0.25) is 0 Å². The van der Waals surface area contributed by atoms with Crippen LogP contribution in [0.1, 0.15) is 30.1 Å². The number of ether oxygens (including phenoxy) is 1. The van der Waals surface area contributed by atoms with Crippen LogP contribution in [0.2, 0.25) is 0 Å². The third-order valence-corrected chi connectivity index (χ3v) is 8.64. The number of nitrogens with zero attached hydrogens (tertiary/aromatic N) is 2. The lowest BCUT2D eigenvalue weighted by molar-refractivity contribution is 0.0986. The number of anilines is 2. The van der Waals surface area contributed by atoms with Gasteiger partial charge in [-0.15, -0.1) is 0 Å². The van der Waals surface area contributed by atoms with Crippen LogP contribution in [0.15, 0.2) is 72.9 Å². The highest BCUT2D eigenvalue weighted by Crippen LogP contribution is 2.35. The Morgan fingerprint density at radius 2 is 1.90 bits per heavy atom. The molecule has 3 aromatic carbocycles. The molecule has 0 saturated carbocycles. The van der Waals surface area contributed by atoms with E-state index in [1.807, 2.05) is 65.3 Å². The molecule has 6 nitrogen and oxygen atoms in total. The molecule has 1 atom stereocenters. The normalized spacial score (nSPS) is 17.9. The van der Waals surface area contributed by atoms with Crippen molar-refractivity contribution in [2.45, 2.75) is 25.8 Å². The highest BCUT2D eigenvalue weighted by atomic mass is 32.2. The Morgan fingerprint density at radius 1 is 1.03 bits per heavy atom. The summed E-state index contributed by atoms with van der Waals surface area (Å²) in [5.41, 5.74) is 5.78. The number of carbonyl (C=O) groups excluding carboxylic acids is 1. The molecule has 202 valence electrons. The zero-order valence-corrected chi connectivity index (χ0v) is 23.3. The fourth-order valence-corrected chi connectivity index (χ4v) is 6.49. The summed E-state index contributed by atoms with van der Waals surface area (Å²) in [5.74, 6) is 3.19. The average molecular weight is 541 g/mol. The number of hydrogen-bond donors (Lipinski definition) is 2. The van der Waals surface area contributed by atoms with Crippen LogP contribution in [0.4, 0.5) is 11.4 Å². The van der Waals surface area contributed by atoms with Gasteiger partial charge >= 0.3 is 0 Å². The van der Waals surface area contributed by atoms with Crippen molar-refractivity contribution in [3.05, 3.63) is 78.5 Å². The number of thioether (sulfide) groups is 1. The summed E-state index contributed by atoms with van der Waals surface area (Å²) in [7, 11) is 0. The fraction of sp³-hybridized carbons (Fsp3) is 0.344. The van der Waals surface area contributed by atoms with Gasteiger partial charge in [0.25, 0.3) is 5.91 Å². The number of H-pyrrole nitrogens is 1. The minimum absolute atomic E-state index is 0.00153. The van der Waals surface area contributed by atoms with Gasteiger partial charge in [0.1, 0.15) is 5.75 Å². The van der Waals surface area contributed by atoms with E-state index in [1.165, 1.54) is 11.5 Å². The third kappa shape index (κ3) is 5.80. The molecule has 1 unspecified atom stereocenters. The quantitative estimate of drug-likeness (QED) is 0.262. The topological polar surface area (TPSA) is 60.6 Å². The standard InChI is InChI=1S/C32H36N4O2S/c1-23-12-15-36(30-6-3-2-5-29(30)34-23)32(37)26-7-9-27(24-8-10-28-25(21-24)11-13-33-28)31(22-26)38-18-4-14-35-16-19-39-20-17-35/h2-3,5-11,13,21-23,33-34H,4,12,14-20H2,1H3. The third-order valence-electron chi connectivity index (χ3n) is 7.70. The molecule has 39 heavy (non-hydrogen) atoms. The average Bonchev–Trinajstić information content (AvgIpc) is 3.37. The van der Waals surface area contributed by atoms with Gasteiger partial charge in [0.15, 0.2) is 0 Å². The minimum Gasteiger partial charge on any atom is -0.493 e. The van der Waals surface area contributed by atoms with Gasteiger partial charge in [-0.05, 0) is 79.2 Å². The number of rotatable bonds is 7. The van der Waals surface area contributed by atoms with Crippen LogP contribution >= 0.6 is 11.8 Å². The van der Waals surface area contributed by atoms with Gasteiger partial charge in [0.05, 0.1) is 18.0 Å². The Balaban J connectivity index is 1.28. The number of aromatic nitrogens is 1. The van der Waals surface area contributed by atoms with Crippen LogP contribution in [-0.4, -0.2) is 66.1 Å². The van der Waals surface area contributed by atoms with Crippen LogP contribution in [0.5, 0.6) is 5.75 Å². The molecule has 0 spiro atoms. The first-order chi connectivity index (χ1) is 19.2. The lowest BCUT2D eigenvalue weighted by atomic mass is 10.0. The molecule has 1 fully saturated rings. The van der Waals surface area contributed by atoms with E-state index < -0.39 is 0 Å². The van der Waals surface area contributed by atoms with Gasteiger partial charge in [0, 0.05) is 66.6 Å². The molecule has 6 rings (SSSR count). The lowest BCUT2D eigenvalue weighted by Gasteiger charge is -2.26. The van der Waals surface area contributed by atoms with E-state index in [2.05, 4.69) is 46.4 Å². The Morgan fingerprint density at radius 3 is 2.79 bits per heavy atom. The number of carbonyl (C=O) groups is 1. The van der Waals surface area contributed by atoms with Gasteiger partial charge in [-0.2, -0.15) is 11.8 Å². The van der Waals surface area contributed by atoms with E-state index in [9.17, 15) is 4.79 Å². The van der Waals surface area contributed by atoms with Crippen molar-refractivity contribution in [2.75, 3.05) is 54.5 Å². The fourth-order valence-electron chi connectivity index (χ4n) is 5.51. The second-order valence-corrected chi connectivity index (χ2v) is 11.7. The van der Waals surface area contributed by atoms with Crippen molar-refractivity contribution in [1.82, 2.24) is 9.88 Å². The van der Waals surface area contributed by atoms with E-state index in [4.69, 9.17) is 4.74 Å². The molecule has 2 aliphatic heterocycles. The molecule has 2 aliphatic rings. The summed E-state index contributed by atoms with van der Waals surface area (Å²) >= 11 is 2.03. The number of hydrogen-bond acceptors (Lipinski definition) is 5. The maximum atomic E-state index is 13.9. The molecule has 2 N–H and O–H groups in total. The second kappa shape index (κ2) is 11.8. The zero-order chi connectivity index (χ0) is 26.6. The summed E-state index contributed by atoms with van der Waals surface area (Å²) in [6.07, 6.45) is 3.80. The van der Waals surface area contributed by atoms with E-state index in [0.29, 0.717) is 24.8 Å². The minimum atomic E-state index is 0.00153. The van der Waals surface area contributed by atoms with Crippen molar-refractivity contribution >= 4 is 39.9 Å². The molecule has 4 aromatic rings. The van der Waals surface area contributed by atoms with E-state index in [1.54, 1.807) is 0 Å². The van der Waals surface area contributed by atoms with Crippen molar-refractivity contribution in [1.29, 1.82) is 0 Å². The number of amides is 1. The summed E-state index contributed by atoms with van der Waals surface area (Å²) in [6.45, 7) is 6.80. The number of para-hydroxylation sites is 2. The first-order valence-corrected chi connectivity index (χ1v) is 15.1. The van der Waals surface area contributed by atoms with Crippen LogP contribution in [-0.2, 0) is 0 Å². The van der Waals surface area contributed by atoms with Crippen LogP contribution in [0, 0.1) is 0 Å². The number of nitrogens with one attached hydrogen (secondary N) is 2. The number of fused-ring (bicyclic) bond motifs is 2. The zero-order valence-electron chi connectivity index (χ0n) is 22.5. The van der Waals surface area contributed by atoms with Crippen molar-refractivity contribution in [3.8, 4) is 16.9 Å². The van der Waals surface area contributed by atoms with Gasteiger partial charge in [-0.3, -0.25) is 4.79 Å². The Kier molecular flexibility index (Phi) is 7.79. The number of benzene rings is 3. The largest absolute Gasteiger partial charge is 0.493 e. The molecule has 0 aliphatic carbocycles. The maximum Gasteiger partial charge on any atom is 0.258 e. The van der Waals surface area contributed by atoms with Gasteiger partial charge in [-0.25, -0.2) is 0 Å². The predicted molar refractivity (Wildman–Crippen MR) is 163 cm³/mol. The Bertz CT molecular complexity index is 1450.